The van der Waals surface area contributed by atoms with E-state index in [0.717, 1.165) is 0 Å². The van der Waals surface area contributed by atoms with Gasteiger partial charge in [-0.2, -0.15) is 0 Å². The number of rotatable bonds is 18. The van der Waals surface area contributed by atoms with E-state index in [1.807, 2.05) is 13.8 Å². The van der Waals surface area contributed by atoms with Gasteiger partial charge < -0.3 is 43.4 Å². The van der Waals surface area contributed by atoms with Crippen LogP contribution in [0.25, 0.3) is 0 Å². The van der Waals surface area contributed by atoms with Crippen molar-refractivity contribution in [2.75, 3.05) is 6.54 Å². The summed E-state index contributed by atoms with van der Waals surface area (Å²) >= 11 is 0. The number of carboxylic acid groups (broad SMARTS) is 2. The van der Waals surface area contributed by atoms with Crippen LogP contribution >= 0.6 is 0 Å². The van der Waals surface area contributed by atoms with Crippen LogP contribution in [0.4, 0.5) is 0 Å². The van der Waals surface area contributed by atoms with Gasteiger partial charge in [0.2, 0.25) is 17.7 Å². The Hall–Kier alpha value is -3.42. The van der Waals surface area contributed by atoms with Crippen LogP contribution in [0.5, 0.6) is 0 Å². The largest absolute Gasteiger partial charge is 0.481 e. The summed E-state index contributed by atoms with van der Waals surface area (Å²) in [6, 6.07) is -4.45. The highest BCUT2D eigenvalue weighted by atomic mass is 16.4. The molecular formula is C23H43N7O7. The second-order valence-electron chi connectivity index (χ2n) is 9.13. The molecule has 14 heteroatoms. The van der Waals surface area contributed by atoms with E-state index in [1.54, 1.807) is 13.8 Å². The molecule has 0 fully saturated rings. The fourth-order valence-electron chi connectivity index (χ4n) is 3.34. The average molecular weight is 530 g/mol. The van der Waals surface area contributed by atoms with Crippen LogP contribution in [0.2, 0.25) is 0 Å². The van der Waals surface area contributed by atoms with Gasteiger partial charge in [-0.25, -0.2) is 4.79 Å². The molecule has 0 radical (unpaired) electrons. The third-order valence-corrected chi connectivity index (χ3v) is 6.15. The van der Waals surface area contributed by atoms with Crippen LogP contribution in [0.1, 0.15) is 66.2 Å². The summed E-state index contributed by atoms with van der Waals surface area (Å²) in [5, 5.41) is 26.0. The van der Waals surface area contributed by atoms with E-state index in [4.69, 9.17) is 22.3 Å². The van der Waals surface area contributed by atoms with Crippen LogP contribution in [0.3, 0.4) is 0 Å². The number of hydrogen-bond donors (Lipinski definition) is 8. The molecule has 0 spiro atoms. The monoisotopic (exact) mass is 529 g/mol. The van der Waals surface area contributed by atoms with Crippen molar-refractivity contribution in [2.24, 2.45) is 34.0 Å². The van der Waals surface area contributed by atoms with Gasteiger partial charge in [-0.1, -0.05) is 40.5 Å². The molecule has 3 amide bonds. The van der Waals surface area contributed by atoms with Crippen LogP contribution in [0.15, 0.2) is 4.99 Å². The maximum Gasteiger partial charge on any atom is 0.326 e. The summed E-state index contributed by atoms with van der Waals surface area (Å²) in [7, 11) is 0. The summed E-state index contributed by atoms with van der Waals surface area (Å²) in [5.74, 6) is -5.15. The van der Waals surface area contributed by atoms with E-state index in [2.05, 4.69) is 20.9 Å². The Morgan fingerprint density at radius 3 is 1.73 bits per heavy atom. The first-order valence-electron chi connectivity index (χ1n) is 12.4. The number of aliphatic imine (C=N–C) groups is 1. The van der Waals surface area contributed by atoms with Crippen molar-refractivity contribution in [1.82, 2.24) is 16.0 Å². The predicted octanol–water partition coefficient (Wildman–Crippen LogP) is -1.14. The van der Waals surface area contributed by atoms with E-state index < -0.39 is 53.8 Å². The van der Waals surface area contributed by atoms with Gasteiger partial charge in [0.1, 0.15) is 18.1 Å². The highest BCUT2D eigenvalue weighted by Crippen LogP contribution is 2.13. The molecule has 0 aliphatic rings. The predicted molar refractivity (Wildman–Crippen MR) is 137 cm³/mol. The zero-order chi connectivity index (χ0) is 28.7. The van der Waals surface area contributed by atoms with Gasteiger partial charge in [-0.3, -0.25) is 24.2 Å². The number of hydrogen-bond acceptors (Lipinski definition) is 7. The minimum absolute atomic E-state index is 0.0683. The fraction of sp³-hybridized carbons (Fsp3) is 0.739. The van der Waals surface area contributed by atoms with Crippen LogP contribution in [-0.4, -0.2) is 76.5 Å². The molecule has 0 bridgehead atoms. The Morgan fingerprint density at radius 2 is 1.30 bits per heavy atom. The van der Waals surface area contributed by atoms with Crippen molar-refractivity contribution in [3.63, 3.8) is 0 Å². The van der Waals surface area contributed by atoms with E-state index >= 15 is 0 Å². The number of amides is 3. The van der Waals surface area contributed by atoms with Crippen molar-refractivity contribution in [2.45, 2.75) is 90.4 Å². The van der Waals surface area contributed by atoms with Gasteiger partial charge in [-0.05, 0) is 31.1 Å². The fourth-order valence-corrected chi connectivity index (χ4v) is 3.34. The standard InChI is InChI=1S/C23H43N7O7/c1-5-12(3)17(20(34)28-15(22(36)37)8-7-11-27-23(25)26)30-21(35)18(13(4)6-2)29-19(33)14(24)9-10-16(31)32/h12-15,17-18H,5-11,24H2,1-4H3,(H,28,34)(H,29,33)(H,30,35)(H,31,32)(H,36,37)(H4,25,26,27). The summed E-state index contributed by atoms with van der Waals surface area (Å²) in [4.78, 5) is 65.0. The first-order chi connectivity index (χ1) is 17.2. The second kappa shape index (κ2) is 17.1. The number of nitrogens with one attached hydrogen (secondary N) is 3. The molecule has 6 atom stereocenters. The quantitative estimate of drug-likeness (QED) is 0.0601. The molecule has 14 nitrogen and oxygen atoms in total. The van der Waals surface area contributed by atoms with Gasteiger partial charge in [0.25, 0.3) is 0 Å². The molecule has 0 rings (SSSR count). The minimum Gasteiger partial charge on any atom is -0.481 e. The third-order valence-electron chi connectivity index (χ3n) is 6.15. The third kappa shape index (κ3) is 12.9. The molecule has 0 aliphatic carbocycles. The zero-order valence-corrected chi connectivity index (χ0v) is 22.0. The molecule has 0 aromatic rings. The highest BCUT2D eigenvalue weighted by molar-refractivity contribution is 5.94. The number of carbonyl (C=O) groups excluding carboxylic acids is 3. The van der Waals surface area contributed by atoms with Gasteiger partial charge in [0, 0.05) is 13.0 Å². The zero-order valence-electron chi connectivity index (χ0n) is 22.0. The maximum atomic E-state index is 13.2. The summed E-state index contributed by atoms with van der Waals surface area (Å²) < 4.78 is 0. The first kappa shape index (κ1) is 33.6. The number of nitrogens with zero attached hydrogens (tertiary/aromatic N) is 1. The Bertz CT molecular complexity index is 817. The van der Waals surface area contributed by atoms with Crippen molar-refractivity contribution in [1.29, 1.82) is 0 Å². The Balaban J connectivity index is 5.54. The molecule has 0 saturated heterocycles. The smallest absolute Gasteiger partial charge is 0.326 e. The Labute approximate surface area is 217 Å². The van der Waals surface area contributed by atoms with Crippen LogP contribution in [-0.2, 0) is 24.0 Å². The molecule has 0 aromatic carbocycles. The Kier molecular flexibility index (Phi) is 15.5. The van der Waals surface area contributed by atoms with Gasteiger partial charge >= 0.3 is 11.9 Å². The lowest BCUT2D eigenvalue weighted by Gasteiger charge is -2.30. The second-order valence-corrected chi connectivity index (χ2v) is 9.13. The average Bonchev–Trinajstić information content (AvgIpc) is 2.84. The highest BCUT2D eigenvalue weighted by Gasteiger charge is 2.34. The van der Waals surface area contributed by atoms with E-state index in [-0.39, 0.29) is 43.6 Å². The van der Waals surface area contributed by atoms with E-state index in [1.165, 1.54) is 0 Å². The minimum atomic E-state index is -1.24. The molecule has 212 valence electrons. The molecule has 37 heavy (non-hydrogen) atoms. The molecule has 0 saturated carbocycles. The van der Waals surface area contributed by atoms with Crippen LogP contribution in [0, 0.1) is 11.8 Å². The topological polar surface area (TPSA) is 252 Å². The summed E-state index contributed by atoms with van der Waals surface area (Å²) in [6.45, 7) is 7.30. The van der Waals surface area contributed by atoms with Crippen molar-refractivity contribution in [3.8, 4) is 0 Å². The molecule has 11 N–H and O–H groups in total. The molecule has 0 heterocycles. The van der Waals surface area contributed by atoms with E-state index in [9.17, 15) is 29.1 Å². The lowest BCUT2D eigenvalue weighted by molar-refractivity contribution is -0.143. The normalized spacial score (nSPS) is 15.7. The number of guanidine groups is 1. The summed E-state index contributed by atoms with van der Waals surface area (Å²) in [6.07, 6.45) is 0.981. The van der Waals surface area contributed by atoms with Crippen molar-refractivity contribution >= 4 is 35.6 Å². The lowest BCUT2D eigenvalue weighted by Crippen LogP contribution is -2.60. The van der Waals surface area contributed by atoms with Crippen LogP contribution < -0.4 is 33.2 Å². The lowest BCUT2D eigenvalue weighted by atomic mass is 9.94. The number of carbonyl (C=O) groups is 5. The molecule has 0 aliphatic heterocycles. The molecule has 6 unspecified atom stereocenters. The molecular weight excluding hydrogens is 486 g/mol. The van der Waals surface area contributed by atoms with E-state index in [0.29, 0.717) is 19.3 Å². The number of nitrogens with two attached hydrogens (primary N) is 3. The Morgan fingerprint density at radius 1 is 0.811 bits per heavy atom. The van der Waals surface area contributed by atoms with Gasteiger partial charge in [0.05, 0.1) is 6.04 Å². The van der Waals surface area contributed by atoms with Crippen molar-refractivity contribution in [3.05, 3.63) is 0 Å². The first-order valence-corrected chi connectivity index (χ1v) is 12.4. The summed E-state index contributed by atoms with van der Waals surface area (Å²) in [5.41, 5.74) is 16.3. The van der Waals surface area contributed by atoms with Crippen molar-refractivity contribution < 1.29 is 34.2 Å². The SMILES string of the molecule is CCC(C)C(NC(=O)C(N)CCC(=O)O)C(=O)NC(C(=O)NC(CCCN=C(N)N)C(=O)O)C(C)CC. The van der Waals surface area contributed by atoms with Gasteiger partial charge in [-0.15, -0.1) is 0 Å². The molecule has 0 aromatic heterocycles. The number of aliphatic carboxylic acids is 2. The van der Waals surface area contributed by atoms with Gasteiger partial charge in [0.15, 0.2) is 5.96 Å². The number of carboxylic acids is 2. The maximum absolute atomic E-state index is 13.2.